The van der Waals surface area contributed by atoms with Crippen molar-refractivity contribution in [3.05, 3.63) is 24.3 Å². The molecule has 1 N–H and O–H groups in total. The molecule has 108 valence electrons. The number of halogens is 3. The van der Waals surface area contributed by atoms with Crippen LogP contribution in [0.4, 0.5) is 18.9 Å². The van der Waals surface area contributed by atoms with E-state index in [9.17, 15) is 21.6 Å². The highest BCUT2D eigenvalue weighted by Gasteiger charge is 2.46. The molecule has 0 aliphatic heterocycles. The molecule has 19 heavy (non-hydrogen) atoms. The number of hydrogen-bond donors (Lipinski definition) is 1. The van der Waals surface area contributed by atoms with E-state index < -0.39 is 20.2 Å². The summed E-state index contributed by atoms with van der Waals surface area (Å²) in [5.41, 5.74) is -4.91. The van der Waals surface area contributed by atoms with Gasteiger partial charge >= 0.3 is 5.51 Å². The van der Waals surface area contributed by atoms with Gasteiger partial charge in [-0.25, -0.2) is 8.42 Å². The van der Waals surface area contributed by atoms with Crippen molar-refractivity contribution in [2.75, 3.05) is 5.32 Å². The molecule has 0 aliphatic rings. The average molecular weight is 295 g/mol. The molecule has 0 saturated carbocycles. The first-order valence-electron chi connectivity index (χ1n) is 5.69. The first kappa shape index (κ1) is 15.8. The largest absolute Gasteiger partial charge is 0.501 e. The van der Waals surface area contributed by atoms with E-state index in [0.717, 1.165) is 18.6 Å². The van der Waals surface area contributed by atoms with E-state index in [0.29, 0.717) is 5.69 Å². The summed E-state index contributed by atoms with van der Waals surface area (Å²) < 4.78 is 59.3. The number of sulfone groups is 1. The molecule has 0 fully saturated rings. The van der Waals surface area contributed by atoms with Gasteiger partial charge in [0, 0.05) is 11.2 Å². The zero-order valence-electron chi connectivity index (χ0n) is 10.9. The van der Waals surface area contributed by atoms with Crippen LogP contribution in [0.1, 0.15) is 27.2 Å². The van der Waals surface area contributed by atoms with E-state index in [1.54, 1.807) is 0 Å². The van der Waals surface area contributed by atoms with Crippen LogP contribution in [0.2, 0.25) is 0 Å². The molecular formula is C12H16F3NO2S. The van der Waals surface area contributed by atoms with Crippen LogP contribution >= 0.6 is 0 Å². The molecule has 0 radical (unpaired) electrons. The van der Waals surface area contributed by atoms with Crippen molar-refractivity contribution in [2.45, 2.75) is 43.1 Å². The van der Waals surface area contributed by atoms with Crippen molar-refractivity contribution in [2.24, 2.45) is 0 Å². The molecule has 3 nitrogen and oxygen atoms in total. The van der Waals surface area contributed by atoms with E-state index in [4.69, 9.17) is 0 Å². The van der Waals surface area contributed by atoms with Gasteiger partial charge in [0.15, 0.2) is 0 Å². The number of alkyl halides is 3. The highest BCUT2D eigenvalue weighted by Crippen LogP contribution is 2.31. The number of anilines is 1. The van der Waals surface area contributed by atoms with Gasteiger partial charge in [0.1, 0.15) is 0 Å². The quantitative estimate of drug-likeness (QED) is 0.923. The van der Waals surface area contributed by atoms with Gasteiger partial charge in [-0.15, -0.1) is 0 Å². The van der Waals surface area contributed by atoms with Crippen molar-refractivity contribution in [3.63, 3.8) is 0 Å². The SMILES string of the molecule is CCC(C)(C)Nc1ccc(S(=O)(=O)C(F)(F)F)cc1. The van der Waals surface area contributed by atoms with Gasteiger partial charge in [-0.05, 0) is 44.5 Å². The summed E-state index contributed by atoms with van der Waals surface area (Å²) in [7, 11) is -5.27. The maximum atomic E-state index is 12.3. The van der Waals surface area contributed by atoms with Gasteiger partial charge in [0.2, 0.25) is 0 Å². The average Bonchev–Trinajstić information content (AvgIpc) is 2.28. The van der Waals surface area contributed by atoms with Crippen LogP contribution in [0.3, 0.4) is 0 Å². The predicted octanol–water partition coefficient (Wildman–Crippen LogP) is 3.58. The zero-order valence-corrected chi connectivity index (χ0v) is 11.7. The Labute approximate surface area is 110 Å². The van der Waals surface area contributed by atoms with Gasteiger partial charge in [-0.1, -0.05) is 6.92 Å². The molecule has 0 heterocycles. The van der Waals surface area contributed by atoms with Crippen LogP contribution in [0.15, 0.2) is 29.2 Å². The van der Waals surface area contributed by atoms with E-state index >= 15 is 0 Å². The van der Waals surface area contributed by atoms with Crippen LogP contribution < -0.4 is 5.32 Å². The van der Waals surface area contributed by atoms with Crippen LogP contribution in [0.25, 0.3) is 0 Å². The number of hydrogen-bond acceptors (Lipinski definition) is 3. The Kier molecular flexibility index (Phi) is 4.19. The molecule has 0 unspecified atom stereocenters. The van der Waals surface area contributed by atoms with Gasteiger partial charge in [-0.3, -0.25) is 0 Å². The molecular weight excluding hydrogens is 279 g/mol. The molecule has 0 saturated heterocycles. The van der Waals surface area contributed by atoms with Gasteiger partial charge in [-0.2, -0.15) is 13.2 Å². The fourth-order valence-electron chi connectivity index (χ4n) is 1.33. The Morgan fingerprint density at radius 1 is 1.11 bits per heavy atom. The summed E-state index contributed by atoms with van der Waals surface area (Å²) in [5, 5.41) is 3.11. The highest BCUT2D eigenvalue weighted by atomic mass is 32.2. The second kappa shape index (κ2) is 5.03. The first-order valence-corrected chi connectivity index (χ1v) is 7.17. The second-order valence-corrected chi connectivity index (χ2v) is 6.78. The lowest BCUT2D eigenvalue weighted by Crippen LogP contribution is -2.29. The minimum absolute atomic E-state index is 0.218. The van der Waals surface area contributed by atoms with E-state index in [2.05, 4.69) is 5.32 Å². The van der Waals surface area contributed by atoms with Crippen molar-refractivity contribution >= 4 is 15.5 Å². The lowest BCUT2D eigenvalue weighted by molar-refractivity contribution is -0.0436. The molecule has 0 aliphatic carbocycles. The monoisotopic (exact) mass is 295 g/mol. The molecule has 0 bridgehead atoms. The minimum atomic E-state index is -5.27. The lowest BCUT2D eigenvalue weighted by atomic mass is 10.0. The topological polar surface area (TPSA) is 46.2 Å². The van der Waals surface area contributed by atoms with E-state index in [-0.39, 0.29) is 5.54 Å². The molecule has 1 aromatic rings. The minimum Gasteiger partial charge on any atom is -0.380 e. The molecule has 1 aromatic carbocycles. The Hall–Kier alpha value is -1.24. The summed E-state index contributed by atoms with van der Waals surface area (Å²) in [4.78, 5) is -0.750. The van der Waals surface area contributed by atoms with Crippen LogP contribution in [0, 0.1) is 0 Å². The normalized spacial score (nSPS) is 13.4. The Bertz CT molecular complexity index is 533. The predicted molar refractivity (Wildman–Crippen MR) is 67.7 cm³/mol. The number of nitrogens with one attached hydrogen (secondary N) is 1. The maximum absolute atomic E-state index is 12.3. The lowest BCUT2D eigenvalue weighted by Gasteiger charge is -2.26. The van der Waals surface area contributed by atoms with Crippen molar-refractivity contribution < 1.29 is 21.6 Å². The van der Waals surface area contributed by atoms with Crippen LogP contribution in [0.5, 0.6) is 0 Å². The van der Waals surface area contributed by atoms with Crippen LogP contribution in [-0.2, 0) is 9.84 Å². The van der Waals surface area contributed by atoms with Crippen molar-refractivity contribution in [1.29, 1.82) is 0 Å². The van der Waals surface area contributed by atoms with Gasteiger partial charge in [0.05, 0.1) is 4.90 Å². The maximum Gasteiger partial charge on any atom is 0.501 e. The molecule has 0 spiro atoms. The van der Waals surface area contributed by atoms with E-state index in [1.807, 2.05) is 20.8 Å². The fourth-order valence-corrected chi connectivity index (χ4v) is 2.09. The standard InChI is InChI=1S/C12H16F3NO2S/c1-4-11(2,3)16-9-5-7-10(8-6-9)19(17,18)12(13,14)15/h5-8,16H,4H2,1-3H3. The highest BCUT2D eigenvalue weighted by molar-refractivity contribution is 7.92. The zero-order chi connectivity index (χ0) is 14.9. The van der Waals surface area contributed by atoms with Crippen LogP contribution in [-0.4, -0.2) is 19.5 Å². The number of rotatable bonds is 4. The molecule has 7 heteroatoms. The van der Waals surface area contributed by atoms with Gasteiger partial charge in [0.25, 0.3) is 9.84 Å². The fraction of sp³-hybridized carbons (Fsp3) is 0.500. The Morgan fingerprint density at radius 3 is 1.95 bits per heavy atom. The Morgan fingerprint density at radius 2 is 1.58 bits per heavy atom. The molecule has 0 amide bonds. The van der Waals surface area contributed by atoms with E-state index in [1.165, 1.54) is 12.1 Å². The third-order valence-electron chi connectivity index (χ3n) is 2.84. The Balaban J connectivity index is 3.02. The van der Waals surface area contributed by atoms with Crippen molar-refractivity contribution in [3.8, 4) is 0 Å². The third kappa shape index (κ3) is 3.62. The second-order valence-electron chi connectivity index (χ2n) is 4.84. The summed E-state index contributed by atoms with van der Waals surface area (Å²) in [6.45, 7) is 5.84. The third-order valence-corrected chi connectivity index (χ3v) is 4.34. The summed E-state index contributed by atoms with van der Waals surface area (Å²) in [5.74, 6) is 0. The number of benzene rings is 1. The summed E-state index contributed by atoms with van der Waals surface area (Å²) in [6.07, 6.45) is 0.815. The summed E-state index contributed by atoms with van der Waals surface area (Å²) in [6, 6.07) is 4.57. The molecule has 0 aromatic heterocycles. The van der Waals surface area contributed by atoms with Crippen molar-refractivity contribution in [1.82, 2.24) is 0 Å². The molecule has 1 rings (SSSR count). The summed E-state index contributed by atoms with van der Waals surface area (Å²) >= 11 is 0. The first-order chi connectivity index (χ1) is 8.49. The molecule has 0 atom stereocenters. The van der Waals surface area contributed by atoms with Gasteiger partial charge < -0.3 is 5.32 Å². The smallest absolute Gasteiger partial charge is 0.380 e.